The lowest BCUT2D eigenvalue weighted by atomic mass is 10.1. The minimum atomic E-state index is 0.562. The summed E-state index contributed by atoms with van der Waals surface area (Å²) in [6, 6.07) is 12.1. The molecule has 1 aromatic rings. The number of fused-ring (bicyclic) bond motifs is 2. The third-order valence-electron chi connectivity index (χ3n) is 4.45. The van der Waals surface area contributed by atoms with Gasteiger partial charge in [-0.05, 0) is 37.0 Å². The minimum Gasteiger partial charge on any atom is -0.376 e. The maximum absolute atomic E-state index is 5.81. The Bertz CT molecular complexity index is 448. The summed E-state index contributed by atoms with van der Waals surface area (Å²) in [6.07, 6.45) is 3.78. The van der Waals surface area contributed by atoms with Crippen LogP contribution in [0.3, 0.4) is 0 Å². The van der Waals surface area contributed by atoms with E-state index in [2.05, 4.69) is 40.1 Å². The van der Waals surface area contributed by atoms with Crippen molar-refractivity contribution in [2.45, 2.75) is 37.9 Å². The van der Waals surface area contributed by atoms with E-state index < -0.39 is 0 Å². The highest BCUT2D eigenvalue weighted by Gasteiger charge is 2.37. The summed E-state index contributed by atoms with van der Waals surface area (Å²) < 4.78 is 0. The number of hydrogen-bond acceptors (Lipinski definition) is 2. The molecule has 2 aliphatic heterocycles. The van der Waals surface area contributed by atoms with Gasteiger partial charge >= 0.3 is 0 Å². The van der Waals surface area contributed by atoms with E-state index in [1.54, 1.807) is 0 Å². The number of likely N-dealkylation sites (tertiary alicyclic amines) is 1. The number of thiocarbonyl (C=S) groups is 1. The Hall–Kier alpha value is -1.13. The Morgan fingerprint density at radius 3 is 2.63 bits per heavy atom. The van der Waals surface area contributed by atoms with Gasteiger partial charge in [0.1, 0.15) is 0 Å². The van der Waals surface area contributed by atoms with Gasteiger partial charge in [-0.2, -0.15) is 0 Å². The lowest BCUT2D eigenvalue weighted by Crippen LogP contribution is -2.42. The lowest BCUT2D eigenvalue weighted by molar-refractivity contribution is 0.188. The summed E-state index contributed by atoms with van der Waals surface area (Å²) >= 11 is 5.14. The lowest BCUT2D eigenvalue weighted by Gasteiger charge is -2.29. The first-order chi connectivity index (χ1) is 9.24. The Labute approximate surface area is 120 Å². The van der Waals surface area contributed by atoms with E-state index in [9.17, 15) is 0 Å². The molecule has 0 aromatic heterocycles. The van der Waals surface area contributed by atoms with Crippen LogP contribution in [0.1, 0.15) is 24.8 Å². The van der Waals surface area contributed by atoms with Crippen molar-refractivity contribution in [1.82, 2.24) is 9.80 Å². The maximum Gasteiger partial charge on any atom is 0.166 e. The van der Waals surface area contributed by atoms with Crippen molar-refractivity contribution >= 4 is 17.3 Å². The van der Waals surface area contributed by atoms with Crippen LogP contribution in [0.2, 0.25) is 0 Å². The van der Waals surface area contributed by atoms with Gasteiger partial charge in [-0.25, -0.2) is 0 Å². The van der Waals surface area contributed by atoms with Crippen molar-refractivity contribution in [2.24, 2.45) is 5.73 Å². The molecule has 2 fully saturated rings. The number of nitrogens with zero attached hydrogens (tertiary/aromatic N) is 2. The van der Waals surface area contributed by atoms with Crippen molar-refractivity contribution in [3.8, 4) is 0 Å². The van der Waals surface area contributed by atoms with Gasteiger partial charge in [0.25, 0.3) is 0 Å². The molecule has 2 bridgehead atoms. The molecule has 102 valence electrons. The van der Waals surface area contributed by atoms with Crippen LogP contribution in [-0.4, -0.2) is 40.1 Å². The molecular weight excluding hydrogens is 254 g/mol. The van der Waals surface area contributed by atoms with Gasteiger partial charge in [0, 0.05) is 31.7 Å². The Morgan fingerprint density at radius 1 is 1.16 bits per heavy atom. The molecule has 2 N–H and O–H groups in total. The van der Waals surface area contributed by atoms with Crippen LogP contribution < -0.4 is 5.73 Å². The van der Waals surface area contributed by atoms with E-state index in [1.165, 1.54) is 24.8 Å². The second-order valence-corrected chi connectivity index (χ2v) is 6.03. The molecule has 0 saturated carbocycles. The van der Waals surface area contributed by atoms with Crippen LogP contribution >= 0.6 is 12.2 Å². The fraction of sp³-hybridized carbons (Fsp3) is 0.533. The minimum absolute atomic E-state index is 0.562. The molecule has 2 heterocycles. The van der Waals surface area contributed by atoms with Crippen LogP contribution in [0, 0.1) is 0 Å². The molecule has 0 spiro atoms. The summed E-state index contributed by atoms with van der Waals surface area (Å²) in [5.41, 5.74) is 7.21. The zero-order valence-electron chi connectivity index (χ0n) is 11.2. The maximum atomic E-state index is 5.81. The second kappa shape index (κ2) is 5.47. The largest absolute Gasteiger partial charge is 0.376 e. The smallest absolute Gasteiger partial charge is 0.166 e. The number of benzene rings is 1. The summed E-state index contributed by atoms with van der Waals surface area (Å²) in [4.78, 5) is 4.84. The van der Waals surface area contributed by atoms with Crippen molar-refractivity contribution in [2.75, 3.05) is 13.1 Å². The van der Waals surface area contributed by atoms with Crippen molar-refractivity contribution < 1.29 is 0 Å². The van der Waals surface area contributed by atoms with E-state index in [1.807, 2.05) is 0 Å². The molecule has 3 nitrogen and oxygen atoms in total. The highest BCUT2D eigenvalue weighted by atomic mass is 32.1. The third-order valence-corrected chi connectivity index (χ3v) is 4.71. The first-order valence-electron chi connectivity index (χ1n) is 7.08. The fourth-order valence-electron chi connectivity index (χ4n) is 3.42. The monoisotopic (exact) mass is 275 g/mol. The number of nitrogens with two attached hydrogens (primary N) is 1. The van der Waals surface area contributed by atoms with E-state index in [0.717, 1.165) is 19.6 Å². The van der Waals surface area contributed by atoms with Crippen LogP contribution in [0.4, 0.5) is 0 Å². The average Bonchev–Trinajstić information content (AvgIpc) is 2.65. The van der Waals surface area contributed by atoms with Crippen LogP contribution in [-0.2, 0) is 6.54 Å². The third kappa shape index (κ3) is 2.74. The van der Waals surface area contributed by atoms with Crippen molar-refractivity contribution in [1.29, 1.82) is 0 Å². The molecule has 19 heavy (non-hydrogen) atoms. The zero-order chi connectivity index (χ0) is 13.2. The Morgan fingerprint density at radius 2 is 1.89 bits per heavy atom. The average molecular weight is 275 g/mol. The molecule has 0 radical (unpaired) electrons. The van der Waals surface area contributed by atoms with Gasteiger partial charge < -0.3 is 10.6 Å². The highest BCUT2D eigenvalue weighted by molar-refractivity contribution is 7.80. The summed E-state index contributed by atoms with van der Waals surface area (Å²) in [5, 5.41) is 0.562. The van der Waals surface area contributed by atoms with Gasteiger partial charge in [-0.3, -0.25) is 4.90 Å². The van der Waals surface area contributed by atoms with E-state index in [-0.39, 0.29) is 0 Å². The predicted octanol–water partition coefficient (Wildman–Crippen LogP) is 1.97. The molecule has 2 saturated heterocycles. The van der Waals surface area contributed by atoms with E-state index >= 15 is 0 Å². The molecule has 0 amide bonds. The van der Waals surface area contributed by atoms with E-state index in [0.29, 0.717) is 17.2 Å². The highest BCUT2D eigenvalue weighted by Crippen LogP contribution is 2.31. The van der Waals surface area contributed by atoms with Crippen molar-refractivity contribution in [3.63, 3.8) is 0 Å². The zero-order valence-corrected chi connectivity index (χ0v) is 12.0. The van der Waals surface area contributed by atoms with Crippen molar-refractivity contribution in [3.05, 3.63) is 35.9 Å². The van der Waals surface area contributed by atoms with Crippen LogP contribution in [0.25, 0.3) is 0 Å². The molecule has 1 aromatic carbocycles. The predicted molar refractivity (Wildman–Crippen MR) is 81.8 cm³/mol. The van der Waals surface area contributed by atoms with Gasteiger partial charge in [0.05, 0.1) is 0 Å². The number of hydrogen-bond donors (Lipinski definition) is 1. The standard InChI is InChI=1S/C15H21N3S/c16-15(19)17-9-8-13-6-7-14(11-17)18(13)10-12-4-2-1-3-5-12/h1-5,13-14H,6-11H2,(H2,16,19). The first-order valence-corrected chi connectivity index (χ1v) is 7.49. The molecular formula is C15H21N3S. The molecule has 2 atom stereocenters. The Balaban J connectivity index is 1.73. The summed E-state index contributed by atoms with van der Waals surface area (Å²) in [6.45, 7) is 3.07. The second-order valence-electron chi connectivity index (χ2n) is 5.62. The summed E-state index contributed by atoms with van der Waals surface area (Å²) in [7, 11) is 0. The van der Waals surface area contributed by atoms with Crippen LogP contribution in [0.15, 0.2) is 30.3 Å². The molecule has 3 rings (SSSR count). The number of rotatable bonds is 2. The fourth-order valence-corrected chi connectivity index (χ4v) is 3.59. The summed E-state index contributed by atoms with van der Waals surface area (Å²) in [5.74, 6) is 0. The molecule has 0 aliphatic carbocycles. The normalized spacial score (nSPS) is 27.3. The molecule has 2 aliphatic rings. The van der Waals surface area contributed by atoms with Crippen LogP contribution in [0.5, 0.6) is 0 Å². The Kier molecular flexibility index (Phi) is 3.71. The van der Waals surface area contributed by atoms with E-state index in [4.69, 9.17) is 18.0 Å². The van der Waals surface area contributed by atoms with Gasteiger partial charge in [0.2, 0.25) is 0 Å². The topological polar surface area (TPSA) is 32.5 Å². The van der Waals surface area contributed by atoms with Gasteiger partial charge in [-0.15, -0.1) is 0 Å². The van der Waals surface area contributed by atoms with Gasteiger partial charge in [0.15, 0.2) is 5.11 Å². The quantitative estimate of drug-likeness (QED) is 0.837. The SMILES string of the molecule is NC(=S)N1CCC2CCC(C1)N2Cc1ccccc1. The molecule has 2 unspecified atom stereocenters. The molecule has 4 heteroatoms. The first kappa shape index (κ1) is 12.9. The van der Waals surface area contributed by atoms with Gasteiger partial charge in [-0.1, -0.05) is 30.3 Å².